The summed E-state index contributed by atoms with van der Waals surface area (Å²) in [6.45, 7) is 1.99. The molecular weight excluding hydrogens is 390 g/mol. The average molecular weight is 409 g/mol. The number of rotatable bonds is 4. The van der Waals surface area contributed by atoms with Gasteiger partial charge < -0.3 is 0 Å². The minimum absolute atomic E-state index is 0.0548. The third-order valence-electron chi connectivity index (χ3n) is 5.53. The number of aryl methyl sites for hydroxylation is 1. The lowest BCUT2D eigenvalue weighted by molar-refractivity contribution is -0.384. The Hall–Kier alpha value is -4.13. The van der Waals surface area contributed by atoms with Gasteiger partial charge in [-0.05, 0) is 30.2 Å². The molecule has 7 nitrogen and oxygen atoms in total. The van der Waals surface area contributed by atoms with E-state index in [1.807, 2.05) is 60.1 Å². The van der Waals surface area contributed by atoms with E-state index in [1.165, 1.54) is 6.07 Å². The summed E-state index contributed by atoms with van der Waals surface area (Å²) in [5, 5.41) is 16.1. The van der Waals surface area contributed by atoms with Gasteiger partial charge in [-0.25, -0.2) is 9.67 Å². The molecule has 152 valence electrons. The summed E-state index contributed by atoms with van der Waals surface area (Å²) in [5.74, 6) is 0.762. The summed E-state index contributed by atoms with van der Waals surface area (Å²) in [6.07, 6.45) is 4.11. The van der Waals surface area contributed by atoms with E-state index in [0.29, 0.717) is 6.42 Å². The summed E-state index contributed by atoms with van der Waals surface area (Å²) in [7, 11) is 0. The van der Waals surface area contributed by atoms with Crippen molar-refractivity contribution in [2.75, 3.05) is 0 Å². The van der Waals surface area contributed by atoms with Gasteiger partial charge in [0.25, 0.3) is 5.69 Å². The highest BCUT2D eigenvalue weighted by Gasteiger charge is 2.30. The van der Waals surface area contributed by atoms with Gasteiger partial charge in [-0.1, -0.05) is 42.5 Å². The lowest BCUT2D eigenvalue weighted by atomic mass is 9.95. The Bertz CT molecular complexity index is 1300. The molecular formula is C24H19N5O2. The van der Waals surface area contributed by atoms with Gasteiger partial charge in [0.05, 0.1) is 22.4 Å². The molecule has 5 rings (SSSR count). The number of non-ortho nitro benzene ring substituents is 1. The predicted octanol–water partition coefficient (Wildman–Crippen LogP) is 5.28. The molecule has 3 heterocycles. The maximum atomic E-state index is 11.3. The summed E-state index contributed by atoms with van der Waals surface area (Å²) in [6, 6.07) is 20.6. The van der Waals surface area contributed by atoms with E-state index in [4.69, 9.17) is 10.1 Å². The van der Waals surface area contributed by atoms with Gasteiger partial charge in [0, 0.05) is 42.1 Å². The zero-order valence-corrected chi connectivity index (χ0v) is 16.8. The number of aromatic nitrogens is 3. The van der Waals surface area contributed by atoms with Crippen molar-refractivity contribution in [2.24, 2.45) is 4.99 Å². The predicted molar refractivity (Wildman–Crippen MR) is 119 cm³/mol. The fourth-order valence-corrected chi connectivity index (χ4v) is 4.07. The minimum atomic E-state index is -0.378. The molecule has 0 N–H and O–H groups in total. The number of nitrogens with zero attached hydrogens (tertiary/aromatic N) is 5. The van der Waals surface area contributed by atoms with Gasteiger partial charge in [0.15, 0.2) is 5.82 Å². The Labute approximate surface area is 178 Å². The molecule has 0 bridgehead atoms. The van der Waals surface area contributed by atoms with Crippen molar-refractivity contribution in [3.05, 3.63) is 106 Å². The van der Waals surface area contributed by atoms with Crippen LogP contribution < -0.4 is 0 Å². The smallest absolute Gasteiger partial charge is 0.265 e. The van der Waals surface area contributed by atoms with Crippen molar-refractivity contribution >= 4 is 17.2 Å². The molecule has 1 unspecified atom stereocenters. The molecule has 0 spiro atoms. The van der Waals surface area contributed by atoms with Crippen molar-refractivity contribution < 1.29 is 4.92 Å². The molecule has 2 aromatic heterocycles. The van der Waals surface area contributed by atoms with Crippen LogP contribution in [0.15, 0.2) is 84.1 Å². The highest BCUT2D eigenvalue weighted by molar-refractivity contribution is 6.04. The van der Waals surface area contributed by atoms with E-state index in [2.05, 4.69) is 4.98 Å². The summed E-state index contributed by atoms with van der Waals surface area (Å²) < 4.78 is 1.97. The fraction of sp³-hybridized carbons (Fsp3) is 0.125. The first-order valence-electron chi connectivity index (χ1n) is 9.98. The number of pyridine rings is 1. The van der Waals surface area contributed by atoms with E-state index in [0.717, 1.165) is 39.5 Å². The molecule has 0 aliphatic carbocycles. The first-order chi connectivity index (χ1) is 15.1. The highest BCUT2D eigenvalue weighted by atomic mass is 16.6. The second-order valence-corrected chi connectivity index (χ2v) is 7.46. The maximum Gasteiger partial charge on any atom is 0.270 e. The van der Waals surface area contributed by atoms with Gasteiger partial charge in [-0.3, -0.25) is 15.1 Å². The Morgan fingerprint density at radius 3 is 2.48 bits per heavy atom. The number of nitro benzene ring substituents is 1. The monoisotopic (exact) mass is 409 g/mol. The van der Waals surface area contributed by atoms with Crippen molar-refractivity contribution in [3.8, 4) is 11.1 Å². The van der Waals surface area contributed by atoms with Gasteiger partial charge in [0.2, 0.25) is 0 Å². The van der Waals surface area contributed by atoms with E-state index >= 15 is 0 Å². The van der Waals surface area contributed by atoms with Crippen LogP contribution in [-0.2, 0) is 0 Å². The molecule has 1 atom stereocenters. The quantitative estimate of drug-likeness (QED) is 0.339. The third kappa shape index (κ3) is 3.40. The molecule has 0 amide bonds. The van der Waals surface area contributed by atoms with E-state index in [9.17, 15) is 10.1 Å². The topological polar surface area (TPSA) is 86.2 Å². The number of hydrogen-bond acceptors (Lipinski definition) is 5. The van der Waals surface area contributed by atoms with E-state index < -0.39 is 0 Å². The van der Waals surface area contributed by atoms with Crippen LogP contribution in [0.25, 0.3) is 11.1 Å². The normalized spacial score (nSPS) is 15.3. The SMILES string of the molecule is Cc1nn2c(c1-c1ccccc1)N=C(c1cccc([N+](=O)[O-])c1)CC2c1ccncc1. The zero-order valence-electron chi connectivity index (χ0n) is 16.8. The maximum absolute atomic E-state index is 11.3. The number of nitro groups is 1. The molecule has 4 aromatic rings. The van der Waals surface area contributed by atoms with E-state index in [-0.39, 0.29) is 16.7 Å². The van der Waals surface area contributed by atoms with Crippen molar-refractivity contribution in [1.29, 1.82) is 0 Å². The van der Waals surface area contributed by atoms with Crippen molar-refractivity contribution in [3.63, 3.8) is 0 Å². The van der Waals surface area contributed by atoms with Gasteiger partial charge in [0.1, 0.15) is 0 Å². The molecule has 31 heavy (non-hydrogen) atoms. The molecule has 0 fully saturated rings. The number of hydrogen-bond donors (Lipinski definition) is 0. The van der Waals surface area contributed by atoms with Crippen LogP contribution in [0.1, 0.15) is 29.3 Å². The lowest BCUT2D eigenvalue weighted by Crippen LogP contribution is -2.21. The molecule has 7 heteroatoms. The Morgan fingerprint density at radius 1 is 1.00 bits per heavy atom. The molecule has 0 radical (unpaired) electrons. The van der Waals surface area contributed by atoms with Crippen molar-refractivity contribution in [1.82, 2.24) is 14.8 Å². The number of aliphatic imine (C=N–C) groups is 1. The summed E-state index contributed by atoms with van der Waals surface area (Å²) in [4.78, 5) is 20.0. The first-order valence-corrected chi connectivity index (χ1v) is 9.98. The van der Waals surface area contributed by atoms with E-state index in [1.54, 1.807) is 24.5 Å². The second-order valence-electron chi connectivity index (χ2n) is 7.46. The first kappa shape index (κ1) is 18.9. The van der Waals surface area contributed by atoms with Crippen LogP contribution >= 0.6 is 0 Å². The van der Waals surface area contributed by atoms with Crippen LogP contribution in [0.3, 0.4) is 0 Å². The molecule has 1 aliphatic rings. The largest absolute Gasteiger partial charge is 0.270 e. The third-order valence-corrected chi connectivity index (χ3v) is 5.53. The van der Waals surface area contributed by atoms with Crippen LogP contribution in [-0.4, -0.2) is 25.4 Å². The minimum Gasteiger partial charge on any atom is -0.265 e. The highest BCUT2D eigenvalue weighted by Crippen LogP contribution is 2.41. The van der Waals surface area contributed by atoms with Crippen LogP contribution in [0, 0.1) is 17.0 Å². The Kier molecular flexibility index (Phi) is 4.63. The number of fused-ring (bicyclic) bond motifs is 1. The van der Waals surface area contributed by atoms with Crippen molar-refractivity contribution in [2.45, 2.75) is 19.4 Å². The molecule has 1 aliphatic heterocycles. The van der Waals surface area contributed by atoms with Crippen LogP contribution in [0.2, 0.25) is 0 Å². The molecule has 0 saturated carbocycles. The van der Waals surface area contributed by atoms with Gasteiger partial charge >= 0.3 is 0 Å². The van der Waals surface area contributed by atoms with Gasteiger partial charge in [-0.15, -0.1) is 0 Å². The fourth-order valence-electron chi connectivity index (χ4n) is 4.07. The number of benzene rings is 2. The average Bonchev–Trinajstić information content (AvgIpc) is 3.15. The summed E-state index contributed by atoms with van der Waals surface area (Å²) in [5.41, 5.74) is 5.58. The second kappa shape index (κ2) is 7.60. The molecule has 2 aromatic carbocycles. The summed E-state index contributed by atoms with van der Waals surface area (Å²) >= 11 is 0. The van der Waals surface area contributed by atoms with Crippen LogP contribution in [0.5, 0.6) is 0 Å². The standard InChI is InChI=1S/C24H19N5O2/c1-16-23(18-6-3-2-4-7-18)24-26-21(19-8-5-9-20(14-19)29(30)31)15-22(28(24)27-16)17-10-12-25-13-11-17/h2-14,22H,15H2,1H3. The van der Waals surface area contributed by atoms with Crippen LogP contribution in [0.4, 0.5) is 11.5 Å². The molecule has 0 saturated heterocycles. The Morgan fingerprint density at radius 2 is 1.74 bits per heavy atom. The Balaban J connectivity index is 1.72. The lowest BCUT2D eigenvalue weighted by Gasteiger charge is -2.25. The zero-order chi connectivity index (χ0) is 21.4. The van der Waals surface area contributed by atoms with Gasteiger partial charge in [-0.2, -0.15) is 5.10 Å².